The highest BCUT2D eigenvalue weighted by Crippen LogP contribution is 2.22. The minimum atomic E-state index is -3.75. The van der Waals surface area contributed by atoms with E-state index in [9.17, 15) is 8.42 Å². The van der Waals surface area contributed by atoms with Gasteiger partial charge in [0.15, 0.2) is 0 Å². The molecule has 0 N–H and O–H groups in total. The summed E-state index contributed by atoms with van der Waals surface area (Å²) in [7, 11) is 1.45. The van der Waals surface area contributed by atoms with Gasteiger partial charge in [0, 0.05) is 16.7 Å². The third kappa shape index (κ3) is 3.68. The van der Waals surface area contributed by atoms with Gasteiger partial charge in [0.05, 0.1) is 6.20 Å². The van der Waals surface area contributed by atoms with Gasteiger partial charge >= 0.3 is 0 Å². The summed E-state index contributed by atoms with van der Waals surface area (Å²) in [6, 6.07) is 10.4. The molecule has 2 rings (SSSR count). The van der Waals surface area contributed by atoms with Gasteiger partial charge in [-0.1, -0.05) is 19.1 Å². The Kier molecular flexibility index (Phi) is 4.07. The first kappa shape index (κ1) is 13.8. The van der Waals surface area contributed by atoms with E-state index in [1.165, 1.54) is 17.7 Å². The van der Waals surface area contributed by atoms with Crippen LogP contribution in [-0.2, 0) is 15.5 Å². The molecule has 0 saturated carbocycles. The maximum atomic E-state index is 11.1. The largest absolute Gasteiger partial charge is 0.439 e. The predicted octanol–water partition coefficient (Wildman–Crippen LogP) is 3.36. The van der Waals surface area contributed by atoms with Crippen LogP contribution in [0, 0.1) is 0 Å². The fraction of sp³-hybridized carbons (Fsp3) is 0.154. The zero-order valence-corrected chi connectivity index (χ0v) is 11.8. The van der Waals surface area contributed by atoms with Crippen LogP contribution in [0.15, 0.2) is 47.5 Å². The molecule has 0 bridgehead atoms. The molecule has 0 amide bonds. The molecule has 100 valence electrons. The average molecular weight is 298 g/mol. The number of rotatable bonds is 4. The molecule has 1 aromatic carbocycles. The van der Waals surface area contributed by atoms with Crippen molar-refractivity contribution in [3.8, 4) is 11.6 Å². The molecule has 0 aliphatic heterocycles. The van der Waals surface area contributed by atoms with Crippen molar-refractivity contribution >= 4 is 19.7 Å². The number of pyridine rings is 1. The number of hydrogen-bond donors (Lipinski definition) is 0. The molecule has 6 heteroatoms. The van der Waals surface area contributed by atoms with E-state index in [-0.39, 0.29) is 4.90 Å². The molecule has 19 heavy (non-hydrogen) atoms. The van der Waals surface area contributed by atoms with Crippen LogP contribution in [0.2, 0.25) is 0 Å². The number of halogens is 1. The Morgan fingerprint density at radius 3 is 2.32 bits per heavy atom. The molecule has 0 atom stereocenters. The lowest BCUT2D eigenvalue weighted by Gasteiger charge is -2.05. The van der Waals surface area contributed by atoms with Crippen LogP contribution >= 0.6 is 10.7 Å². The lowest BCUT2D eigenvalue weighted by Crippen LogP contribution is -1.93. The smallest absolute Gasteiger partial charge is 0.262 e. The van der Waals surface area contributed by atoms with Crippen molar-refractivity contribution in [1.29, 1.82) is 0 Å². The van der Waals surface area contributed by atoms with Crippen molar-refractivity contribution in [3.63, 3.8) is 0 Å². The molecule has 0 spiro atoms. The number of hydrogen-bond acceptors (Lipinski definition) is 4. The van der Waals surface area contributed by atoms with E-state index in [0.717, 1.165) is 12.6 Å². The fourth-order valence-corrected chi connectivity index (χ4v) is 2.17. The summed E-state index contributed by atoms with van der Waals surface area (Å²) in [4.78, 5) is 3.84. The van der Waals surface area contributed by atoms with Crippen molar-refractivity contribution in [1.82, 2.24) is 4.98 Å². The molecule has 0 unspecified atom stereocenters. The summed E-state index contributed by atoms with van der Waals surface area (Å²) in [5.41, 5.74) is 1.21. The first-order valence-electron chi connectivity index (χ1n) is 5.66. The van der Waals surface area contributed by atoms with Gasteiger partial charge in [0.1, 0.15) is 10.6 Å². The van der Waals surface area contributed by atoms with Gasteiger partial charge in [0.2, 0.25) is 5.88 Å². The minimum absolute atomic E-state index is 0.0529. The summed E-state index contributed by atoms with van der Waals surface area (Å²) in [6.07, 6.45) is 2.12. The van der Waals surface area contributed by atoms with Crippen LogP contribution in [0.1, 0.15) is 12.5 Å². The summed E-state index contributed by atoms with van der Waals surface area (Å²) in [5, 5.41) is 0. The highest BCUT2D eigenvalue weighted by molar-refractivity contribution is 8.13. The Bertz CT molecular complexity index is 651. The van der Waals surface area contributed by atoms with E-state index in [2.05, 4.69) is 11.9 Å². The molecule has 0 fully saturated rings. The molecule has 0 aliphatic carbocycles. The Labute approximate surface area is 116 Å². The molecule has 2 aromatic rings. The second-order valence-corrected chi connectivity index (χ2v) is 6.44. The summed E-state index contributed by atoms with van der Waals surface area (Å²) >= 11 is 0. The van der Waals surface area contributed by atoms with Crippen LogP contribution in [0.4, 0.5) is 0 Å². The fourth-order valence-electron chi connectivity index (χ4n) is 1.49. The van der Waals surface area contributed by atoms with Crippen LogP contribution in [0.5, 0.6) is 11.6 Å². The maximum absolute atomic E-state index is 11.1. The average Bonchev–Trinajstić information content (AvgIpc) is 2.39. The molecular weight excluding hydrogens is 286 g/mol. The van der Waals surface area contributed by atoms with Crippen LogP contribution < -0.4 is 4.74 Å². The van der Waals surface area contributed by atoms with Crippen LogP contribution in [0.3, 0.4) is 0 Å². The number of aryl methyl sites for hydroxylation is 1. The Balaban J connectivity index is 2.15. The Morgan fingerprint density at radius 2 is 1.84 bits per heavy atom. The Hall–Kier alpha value is -1.59. The highest BCUT2D eigenvalue weighted by Gasteiger charge is 2.10. The zero-order valence-electron chi connectivity index (χ0n) is 10.2. The minimum Gasteiger partial charge on any atom is -0.439 e. The third-order valence-electron chi connectivity index (χ3n) is 2.54. The van der Waals surface area contributed by atoms with Crippen LogP contribution in [-0.4, -0.2) is 13.4 Å². The summed E-state index contributed by atoms with van der Waals surface area (Å²) < 4.78 is 27.6. The predicted molar refractivity (Wildman–Crippen MR) is 73.2 cm³/mol. The SMILES string of the molecule is CCc1ccc(Oc2ccc(S(=O)(=O)Cl)cn2)cc1. The van der Waals surface area contributed by atoms with Crippen molar-refractivity contribution < 1.29 is 13.2 Å². The van der Waals surface area contributed by atoms with E-state index < -0.39 is 9.05 Å². The molecule has 0 aliphatic rings. The van der Waals surface area contributed by atoms with Gasteiger partial charge in [-0.05, 0) is 30.2 Å². The molecule has 0 saturated heterocycles. The van der Waals surface area contributed by atoms with Gasteiger partial charge in [-0.3, -0.25) is 0 Å². The number of aromatic nitrogens is 1. The number of benzene rings is 1. The van der Waals surface area contributed by atoms with E-state index in [0.29, 0.717) is 11.6 Å². The molecular formula is C13H12ClNO3S. The third-order valence-corrected chi connectivity index (χ3v) is 3.88. The normalized spacial score (nSPS) is 11.3. The lowest BCUT2D eigenvalue weighted by atomic mass is 10.2. The molecule has 4 nitrogen and oxygen atoms in total. The molecule has 0 radical (unpaired) electrons. The standard InChI is InChI=1S/C13H12ClNO3S/c1-2-10-3-5-11(6-4-10)18-13-8-7-12(9-15-13)19(14,16)17/h3-9H,2H2,1H3. The van der Waals surface area contributed by atoms with Gasteiger partial charge in [-0.25, -0.2) is 13.4 Å². The van der Waals surface area contributed by atoms with E-state index >= 15 is 0 Å². The van der Waals surface area contributed by atoms with Gasteiger partial charge in [0.25, 0.3) is 9.05 Å². The maximum Gasteiger partial charge on any atom is 0.262 e. The van der Waals surface area contributed by atoms with Crippen molar-refractivity contribution in [3.05, 3.63) is 48.2 Å². The van der Waals surface area contributed by atoms with Gasteiger partial charge < -0.3 is 4.74 Å². The van der Waals surface area contributed by atoms with Crippen molar-refractivity contribution in [2.45, 2.75) is 18.2 Å². The number of nitrogens with zero attached hydrogens (tertiary/aromatic N) is 1. The Morgan fingerprint density at radius 1 is 1.16 bits per heavy atom. The van der Waals surface area contributed by atoms with Gasteiger partial charge in [-0.2, -0.15) is 0 Å². The summed E-state index contributed by atoms with van der Waals surface area (Å²) in [5.74, 6) is 0.958. The van der Waals surface area contributed by atoms with E-state index in [1.54, 1.807) is 0 Å². The first-order valence-corrected chi connectivity index (χ1v) is 7.97. The van der Waals surface area contributed by atoms with Crippen molar-refractivity contribution in [2.75, 3.05) is 0 Å². The van der Waals surface area contributed by atoms with E-state index in [4.69, 9.17) is 15.4 Å². The monoisotopic (exact) mass is 297 g/mol. The van der Waals surface area contributed by atoms with Crippen LogP contribution in [0.25, 0.3) is 0 Å². The first-order chi connectivity index (χ1) is 8.99. The topological polar surface area (TPSA) is 56.3 Å². The highest BCUT2D eigenvalue weighted by atomic mass is 35.7. The second kappa shape index (κ2) is 5.59. The summed E-state index contributed by atoms with van der Waals surface area (Å²) in [6.45, 7) is 2.07. The second-order valence-electron chi connectivity index (χ2n) is 3.87. The quantitative estimate of drug-likeness (QED) is 0.812. The zero-order chi connectivity index (χ0) is 13.9. The molecule has 1 aromatic heterocycles. The lowest BCUT2D eigenvalue weighted by molar-refractivity contribution is 0.462. The van der Waals surface area contributed by atoms with Crippen molar-refractivity contribution in [2.24, 2.45) is 0 Å². The number of ether oxygens (including phenoxy) is 1. The van der Waals surface area contributed by atoms with Gasteiger partial charge in [-0.15, -0.1) is 0 Å². The van der Waals surface area contributed by atoms with E-state index in [1.807, 2.05) is 24.3 Å². The molecule has 1 heterocycles.